The van der Waals surface area contributed by atoms with Crippen LogP contribution in [0.5, 0.6) is 5.75 Å². The second kappa shape index (κ2) is 7.70. The zero-order valence-corrected chi connectivity index (χ0v) is 16.2. The minimum Gasteiger partial charge on any atom is -0.496 e. The fourth-order valence-electron chi connectivity index (χ4n) is 3.11. The number of amides is 1. The van der Waals surface area contributed by atoms with Gasteiger partial charge in [0.1, 0.15) is 5.75 Å². The molecule has 142 valence electrons. The zero-order valence-electron chi connectivity index (χ0n) is 16.2. The maximum atomic E-state index is 13.1. The molecule has 1 atom stereocenters. The summed E-state index contributed by atoms with van der Waals surface area (Å²) in [5.74, 6) is 1.06. The number of carbonyl (C=O) groups is 1. The second-order valence-corrected chi connectivity index (χ2v) is 6.52. The number of hydrogen-bond donors (Lipinski definition) is 1. The molecule has 1 amide bonds. The van der Waals surface area contributed by atoms with Gasteiger partial charge in [0.2, 0.25) is 5.72 Å². The fraction of sp³-hybridized carbons (Fsp3) is 0.333. The molecule has 0 aromatic heterocycles. The molecule has 0 radical (unpaired) electrons. The third-order valence-electron chi connectivity index (χ3n) is 4.87. The molecule has 0 fully saturated rings. The molecular formula is C21H25N3O3. The molecule has 0 saturated heterocycles. The van der Waals surface area contributed by atoms with Gasteiger partial charge in [0.05, 0.1) is 7.11 Å². The van der Waals surface area contributed by atoms with E-state index in [2.05, 4.69) is 10.6 Å². The number of hydrogen-bond acceptors (Lipinski definition) is 5. The summed E-state index contributed by atoms with van der Waals surface area (Å²) in [6.07, 6.45) is 1.33. The van der Waals surface area contributed by atoms with Crippen molar-refractivity contribution in [2.75, 3.05) is 7.11 Å². The van der Waals surface area contributed by atoms with Crippen LogP contribution in [0, 0.1) is 0 Å². The van der Waals surface area contributed by atoms with Crippen LogP contribution in [0.15, 0.2) is 53.7 Å². The van der Waals surface area contributed by atoms with Crippen LogP contribution in [0.1, 0.15) is 48.7 Å². The monoisotopic (exact) mass is 367 g/mol. The number of carbonyl (C=O) groups excluding carboxylic acids is 1. The molecule has 1 unspecified atom stereocenters. The van der Waals surface area contributed by atoms with E-state index in [1.54, 1.807) is 18.2 Å². The summed E-state index contributed by atoms with van der Waals surface area (Å²) in [6, 6.07) is 15.1. The smallest absolute Gasteiger partial charge is 0.270 e. The van der Waals surface area contributed by atoms with Crippen LogP contribution >= 0.6 is 0 Å². The lowest BCUT2D eigenvalue weighted by molar-refractivity contribution is -0.0993. The van der Waals surface area contributed by atoms with E-state index in [1.165, 1.54) is 0 Å². The molecule has 2 aromatic rings. The summed E-state index contributed by atoms with van der Waals surface area (Å²) >= 11 is 0. The van der Waals surface area contributed by atoms with E-state index in [-0.39, 0.29) is 5.91 Å². The molecule has 6 heteroatoms. The number of rotatable bonds is 6. The normalized spacial score (nSPS) is 18.7. The molecule has 0 spiro atoms. The summed E-state index contributed by atoms with van der Waals surface area (Å²) in [4.78, 5) is 18.8. The minimum atomic E-state index is -0.758. The lowest BCUT2D eigenvalue weighted by atomic mass is 10.0. The predicted octanol–water partition coefficient (Wildman–Crippen LogP) is 3.72. The highest BCUT2D eigenvalue weighted by atomic mass is 16.7. The van der Waals surface area contributed by atoms with E-state index in [1.807, 2.05) is 63.2 Å². The Kier molecular flexibility index (Phi) is 5.35. The maximum absolute atomic E-state index is 13.1. The first-order valence-electron chi connectivity index (χ1n) is 9.12. The first-order chi connectivity index (χ1) is 13.0. The van der Waals surface area contributed by atoms with Gasteiger partial charge in [-0.1, -0.05) is 55.4 Å². The number of methoxy groups -OCH3 is 1. The summed E-state index contributed by atoms with van der Waals surface area (Å²) in [5, 5.41) is 5.95. The molecule has 0 aliphatic carbocycles. The number of amidine groups is 1. The Labute approximate surface area is 159 Å². The van der Waals surface area contributed by atoms with Gasteiger partial charge in [-0.2, -0.15) is 0 Å². The standard InChI is InChI=1S/C21H25N3O3/c1-5-16-17(13-10-14-18(16)26-4)20(25)22-24-19(15-11-8-7-9-12-15)23-27-21(24,3)6-2/h7-14H,5-6H2,1-4H3,(H,22,25). The highest BCUT2D eigenvalue weighted by Crippen LogP contribution is 2.29. The Hall–Kier alpha value is -3.02. The topological polar surface area (TPSA) is 63.2 Å². The molecule has 1 heterocycles. The Morgan fingerprint density at radius 2 is 1.93 bits per heavy atom. The van der Waals surface area contributed by atoms with Gasteiger partial charge in [0, 0.05) is 23.1 Å². The van der Waals surface area contributed by atoms with Crippen molar-refractivity contribution in [3.63, 3.8) is 0 Å². The van der Waals surface area contributed by atoms with Gasteiger partial charge in [-0.15, -0.1) is 0 Å². The molecule has 0 saturated carbocycles. The molecular weight excluding hydrogens is 342 g/mol. The maximum Gasteiger partial charge on any atom is 0.270 e. The van der Waals surface area contributed by atoms with Crippen LogP contribution in [-0.2, 0) is 11.3 Å². The first-order valence-corrected chi connectivity index (χ1v) is 9.12. The lowest BCUT2D eigenvalue weighted by Gasteiger charge is -2.33. The number of hydrazine groups is 1. The minimum absolute atomic E-state index is 0.223. The highest BCUT2D eigenvalue weighted by Gasteiger charge is 2.42. The second-order valence-electron chi connectivity index (χ2n) is 6.52. The third kappa shape index (κ3) is 3.47. The van der Waals surface area contributed by atoms with Gasteiger partial charge >= 0.3 is 0 Å². The van der Waals surface area contributed by atoms with Crippen LogP contribution in [0.3, 0.4) is 0 Å². The van der Waals surface area contributed by atoms with Crippen LogP contribution in [0.4, 0.5) is 0 Å². The van der Waals surface area contributed by atoms with Crippen molar-refractivity contribution in [3.05, 3.63) is 65.2 Å². The van der Waals surface area contributed by atoms with E-state index in [4.69, 9.17) is 9.57 Å². The van der Waals surface area contributed by atoms with Crippen molar-refractivity contribution in [2.24, 2.45) is 5.16 Å². The molecule has 2 aromatic carbocycles. The Bertz CT molecular complexity index is 851. The van der Waals surface area contributed by atoms with Gasteiger partial charge < -0.3 is 9.57 Å². The van der Waals surface area contributed by atoms with Gasteiger partial charge in [-0.25, -0.2) is 5.01 Å². The van der Waals surface area contributed by atoms with Crippen molar-refractivity contribution in [1.82, 2.24) is 10.4 Å². The van der Waals surface area contributed by atoms with Crippen LogP contribution in [0.2, 0.25) is 0 Å². The van der Waals surface area contributed by atoms with E-state index < -0.39 is 5.72 Å². The number of benzene rings is 2. The van der Waals surface area contributed by atoms with Crippen LogP contribution in [-0.4, -0.2) is 29.6 Å². The molecule has 6 nitrogen and oxygen atoms in total. The Balaban J connectivity index is 1.94. The first kappa shape index (κ1) is 18.8. The SMILES string of the molecule is CCc1c(OC)cccc1C(=O)NN1C(c2ccccc2)=NOC1(C)CC. The van der Waals surface area contributed by atoms with E-state index in [0.717, 1.165) is 11.1 Å². The van der Waals surface area contributed by atoms with Crippen molar-refractivity contribution in [2.45, 2.75) is 39.3 Å². The predicted molar refractivity (Wildman–Crippen MR) is 104 cm³/mol. The Morgan fingerprint density at radius 1 is 1.19 bits per heavy atom. The van der Waals surface area contributed by atoms with E-state index in [0.29, 0.717) is 30.0 Å². The molecule has 1 N–H and O–H groups in total. The number of nitrogens with one attached hydrogen (secondary N) is 1. The lowest BCUT2D eigenvalue weighted by Crippen LogP contribution is -2.56. The van der Waals surface area contributed by atoms with Gasteiger partial charge in [0.25, 0.3) is 5.91 Å². The fourth-order valence-corrected chi connectivity index (χ4v) is 3.11. The number of nitrogens with zero attached hydrogens (tertiary/aromatic N) is 2. The molecule has 3 rings (SSSR count). The van der Waals surface area contributed by atoms with Crippen molar-refractivity contribution in [3.8, 4) is 5.75 Å². The summed E-state index contributed by atoms with van der Waals surface area (Å²) in [6.45, 7) is 5.89. The third-order valence-corrected chi connectivity index (χ3v) is 4.87. The Morgan fingerprint density at radius 3 is 2.56 bits per heavy atom. The van der Waals surface area contributed by atoms with Crippen molar-refractivity contribution in [1.29, 1.82) is 0 Å². The molecule has 1 aliphatic heterocycles. The quantitative estimate of drug-likeness (QED) is 0.845. The summed E-state index contributed by atoms with van der Waals surface area (Å²) < 4.78 is 5.41. The average molecular weight is 367 g/mol. The molecule has 27 heavy (non-hydrogen) atoms. The highest BCUT2D eigenvalue weighted by molar-refractivity contribution is 6.03. The molecule has 0 bridgehead atoms. The van der Waals surface area contributed by atoms with Gasteiger partial charge in [0.15, 0.2) is 5.84 Å². The van der Waals surface area contributed by atoms with Crippen molar-refractivity contribution < 1.29 is 14.4 Å². The zero-order chi connectivity index (χ0) is 19.4. The average Bonchev–Trinajstić information content (AvgIpc) is 3.04. The van der Waals surface area contributed by atoms with Crippen molar-refractivity contribution >= 4 is 11.7 Å². The van der Waals surface area contributed by atoms with E-state index in [9.17, 15) is 4.79 Å². The molecule has 1 aliphatic rings. The summed E-state index contributed by atoms with van der Waals surface area (Å²) in [7, 11) is 1.61. The summed E-state index contributed by atoms with van der Waals surface area (Å²) in [5.41, 5.74) is 4.56. The van der Waals surface area contributed by atoms with Crippen LogP contribution in [0.25, 0.3) is 0 Å². The number of ether oxygens (including phenoxy) is 1. The largest absolute Gasteiger partial charge is 0.496 e. The number of oxime groups is 1. The van der Waals surface area contributed by atoms with Gasteiger partial charge in [-0.3, -0.25) is 10.2 Å². The van der Waals surface area contributed by atoms with Crippen LogP contribution < -0.4 is 10.2 Å². The van der Waals surface area contributed by atoms with E-state index >= 15 is 0 Å². The van der Waals surface area contributed by atoms with Gasteiger partial charge in [-0.05, 0) is 25.5 Å².